The van der Waals surface area contributed by atoms with Gasteiger partial charge in [-0.15, -0.1) is 0 Å². The van der Waals surface area contributed by atoms with Gasteiger partial charge in [-0.2, -0.15) is 0 Å². The van der Waals surface area contributed by atoms with Crippen LogP contribution in [0, 0.1) is 5.92 Å². The topological polar surface area (TPSA) is 0 Å². The quantitative estimate of drug-likeness (QED) is 0.428. The van der Waals surface area contributed by atoms with Crippen LogP contribution in [0.15, 0.2) is 80.7 Å². The van der Waals surface area contributed by atoms with Gasteiger partial charge in [0.15, 0.2) is 0 Å². The molecule has 0 aromatic heterocycles. The van der Waals surface area contributed by atoms with E-state index in [2.05, 4.69) is 101 Å². The Morgan fingerprint density at radius 3 is 2.07 bits per heavy atom. The molecule has 4 rings (SSSR count). The fraction of sp³-hybridized carbons (Fsp3) is 0.308. The van der Waals surface area contributed by atoms with Gasteiger partial charge in [-0.05, 0) is 0 Å². The first-order valence-electron chi connectivity index (χ1n) is 10.5. The molecule has 0 amide bonds. The molecule has 2 aromatic rings. The molecule has 0 N–H and O–H groups in total. The van der Waals surface area contributed by atoms with Crippen LogP contribution >= 0.6 is 0 Å². The molecule has 2 aromatic carbocycles. The number of fused-ring (bicyclic) bond motifs is 1. The summed E-state index contributed by atoms with van der Waals surface area (Å²) in [5, 5.41) is 0. The van der Waals surface area contributed by atoms with Crippen LogP contribution in [0.3, 0.4) is 0 Å². The van der Waals surface area contributed by atoms with Crippen LogP contribution < -0.4 is 0 Å². The van der Waals surface area contributed by atoms with Gasteiger partial charge in [0.2, 0.25) is 0 Å². The second kappa shape index (κ2) is 7.88. The normalized spacial score (nSPS) is 21.5. The third-order valence-corrected chi connectivity index (χ3v) is 27.6. The average Bonchev–Trinajstić information content (AvgIpc) is 3.17. The van der Waals surface area contributed by atoms with Crippen LogP contribution in [0.1, 0.15) is 48.0 Å². The zero-order valence-corrected chi connectivity index (χ0v) is 21.6. The molecular weight excluding hydrogens is 432 g/mol. The molecule has 28 heavy (non-hydrogen) atoms. The predicted octanol–water partition coefficient (Wildman–Crippen LogP) is 7.03. The number of hydrogen-bond donors (Lipinski definition) is 0. The summed E-state index contributed by atoms with van der Waals surface area (Å²) < 4.78 is 2.62. The van der Waals surface area contributed by atoms with Crippen molar-refractivity contribution in [2.75, 3.05) is 0 Å². The fourth-order valence-corrected chi connectivity index (χ4v) is 27.2. The molecule has 0 heterocycles. The molecule has 2 atom stereocenters. The molecule has 0 fully saturated rings. The molecular formula is C26H31SiZr. The van der Waals surface area contributed by atoms with Gasteiger partial charge < -0.3 is 0 Å². The van der Waals surface area contributed by atoms with Crippen molar-refractivity contribution in [3.05, 3.63) is 97.4 Å². The molecule has 0 radical (unpaired) electrons. The van der Waals surface area contributed by atoms with E-state index < -0.39 is 26.8 Å². The third kappa shape index (κ3) is 3.23. The second-order valence-corrected chi connectivity index (χ2v) is 28.3. The summed E-state index contributed by atoms with van der Waals surface area (Å²) in [4.78, 5) is 0. The van der Waals surface area contributed by atoms with E-state index in [1.54, 1.807) is 22.3 Å². The summed E-state index contributed by atoms with van der Waals surface area (Å²) in [6.07, 6.45) is 2.68. The van der Waals surface area contributed by atoms with Crippen molar-refractivity contribution in [3.63, 3.8) is 0 Å². The van der Waals surface area contributed by atoms with Crippen LogP contribution in [0.2, 0.25) is 13.1 Å². The summed E-state index contributed by atoms with van der Waals surface area (Å²) in [5.41, 5.74) is 10.8. The minimum absolute atomic E-state index is 0.672. The molecule has 143 valence electrons. The number of hydrogen-bond acceptors (Lipinski definition) is 0. The van der Waals surface area contributed by atoms with Gasteiger partial charge in [-0.1, -0.05) is 0 Å². The maximum atomic E-state index is 2.68. The fourth-order valence-electron chi connectivity index (χ4n) is 5.15. The summed E-state index contributed by atoms with van der Waals surface area (Å²) in [6.45, 7) is 14.9. The average molecular weight is 463 g/mol. The molecule has 0 saturated heterocycles. The van der Waals surface area contributed by atoms with E-state index in [9.17, 15) is 0 Å². The minimum atomic E-state index is -1.84. The Hall–Kier alpha value is -1.24. The van der Waals surface area contributed by atoms with E-state index in [1.165, 1.54) is 16.7 Å². The standard InChI is InChI=1S/C15H11.C9H13.C2H7Si.Zr/c1-2-6-12(7-3-1)15-11-10-13-8-4-5-9-14(13)15;1-6-5-7(2)9(4)8(6)3;1-3-2;/h1-11H;6H,1-4H3;3H,1-2H3;. The molecule has 2 unspecified atom stereocenters. The van der Waals surface area contributed by atoms with E-state index in [1.807, 2.05) is 3.28 Å². The monoisotopic (exact) mass is 461 g/mol. The van der Waals surface area contributed by atoms with Gasteiger partial charge in [0.05, 0.1) is 0 Å². The van der Waals surface area contributed by atoms with Gasteiger partial charge in [-0.3, -0.25) is 0 Å². The molecule has 0 bridgehead atoms. The first-order chi connectivity index (χ1) is 13.4. The summed E-state index contributed by atoms with van der Waals surface area (Å²) in [7, 11) is 0. The van der Waals surface area contributed by atoms with Crippen LogP contribution in [-0.4, -0.2) is 5.92 Å². The van der Waals surface area contributed by atoms with Crippen molar-refractivity contribution in [1.29, 1.82) is 0 Å². The van der Waals surface area contributed by atoms with Crippen LogP contribution in [0.25, 0.3) is 5.57 Å². The molecule has 2 aliphatic carbocycles. The SMILES string of the molecule is CC1=C(C)C(C)[C]([Zr]([CH]2C=C(c3ccccc3)c3ccccc32)[SiH](C)C)=C1C. The van der Waals surface area contributed by atoms with E-state index in [-0.39, 0.29) is 0 Å². The number of rotatable bonds is 4. The van der Waals surface area contributed by atoms with Crippen molar-refractivity contribution in [2.45, 2.75) is 44.4 Å². The zero-order valence-electron chi connectivity index (χ0n) is 18.0. The van der Waals surface area contributed by atoms with Gasteiger partial charge in [-0.25, -0.2) is 0 Å². The van der Waals surface area contributed by atoms with Crippen molar-refractivity contribution in [1.82, 2.24) is 0 Å². The van der Waals surface area contributed by atoms with Crippen LogP contribution in [-0.2, 0) is 20.9 Å². The molecule has 0 aliphatic heterocycles. The Bertz CT molecular complexity index is 994. The second-order valence-electron chi connectivity index (χ2n) is 8.69. The van der Waals surface area contributed by atoms with Crippen molar-refractivity contribution in [2.24, 2.45) is 5.92 Å². The summed E-state index contributed by atoms with van der Waals surface area (Å²) >= 11 is -1.84. The van der Waals surface area contributed by atoms with E-state index in [4.69, 9.17) is 0 Å². The number of allylic oxidation sites excluding steroid dienone is 5. The maximum absolute atomic E-state index is 2.68. The Balaban J connectivity index is 1.86. The van der Waals surface area contributed by atoms with Gasteiger partial charge in [0.1, 0.15) is 0 Å². The Kier molecular flexibility index (Phi) is 5.64. The third-order valence-electron chi connectivity index (χ3n) is 6.91. The number of benzene rings is 2. The van der Waals surface area contributed by atoms with E-state index in [0.29, 0.717) is 9.54 Å². The van der Waals surface area contributed by atoms with E-state index >= 15 is 0 Å². The van der Waals surface area contributed by atoms with Gasteiger partial charge in [0, 0.05) is 0 Å². The molecule has 0 spiro atoms. The molecule has 2 heteroatoms. The summed E-state index contributed by atoms with van der Waals surface area (Å²) in [5.74, 6) is -0.0639. The van der Waals surface area contributed by atoms with Gasteiger partial charge >= 0.3 is 180 Å². The molecule has 2 aliphatic rings. The van der Waals surface area contributed by atoms with Crippen LogP contribution in [0.4, 0.5) is 0 Å². The molecule has 0 nitrogen and oxygen atoms in total. The van der Waals surface area contributed by atoms with Crippen molar-refractivity contribution >= 4 is 11.5 Å². The Labute approximate surface area is 179 Å². The molecule has 0 saturated carbocycles. The van der Waals surface area contributed by atoms with Crippen molar-refractivity contribution in [3.8, 4) is 0 Å². The summed E-state index contributed by atoms with van der Waals surface area (Å²) in [6, 6.07) is 20.3. The van der Waals surface area contributed by atoms with Crippen LogP contribution in [0.5, 0.6) is 0 Å². The predicted molar refractivity (Wildman–Crippen MR) is 122 cm³/mol. The van der Waals surface area contributed by atoms with Gasteiger partial charge in [0.25, 0.3) is 0 Å². The van der Waals surface area contributed by atoms with E-state index in [0.717, 1.165) is 0 Å². The Morgan fingerprint density at radius 2 is 1.46 bits per heavy atom. The Morgan fingerprint density at radius 1 is 0.821 bits per heavy atom. The zero-order chi connectivity index (χ0) is 20.0. The first-order valence-corrected chi connectivity index (χ1v) is 20.3. The van der Waals surface area contributed by atoms with Crippen molar-refractivity contribution < 1.29 is 20.9 Å². The first kappa shape index (κ1) is 20.0.